The summed E-state index contributed by atoms with van der Waals surface area (Å²) in [6.07, 6.45) is 2.97. The van der Waals surface area contributed by atoms with Crippen LogP contribution in [0.15, 0.2) is 42.5 Å². The Morgan fingerprint density at radius 2 is 1.75 bits per heavy atom. The van der Waals surface area contributed by atoms with E-state index in [0.717, 1.165) is 25.2 Å². The van der Waals surface area contributed by atoms with Crippen molar-refractivity contribution < 1.29 is 13.2 Å². The van der Waals surface area contributed by atoms with Crippen molar-refractivity contribution in [2.45, 2.75) is 25.8 Å². The summed E-state index contributed by atoms with van der Waals surface area (Å²) in [6.45, 7) is 4.32. The Labute approximate surface area is 199 Å². The van der Waals surface area contributed by atoms with Gasteiger partial charge in [-0.3, -0.25) is 9.10 Å². The summed E-state index contributed by atoms with van der Waals surface area (Å²) in [5.74, 6) is 0.0125. The maximum absolute atomic E-state index is 13.5. The number of anilines is 1. The minimum Gasteiger partial charge on any atom is -0.333 e. The van der Waals surface area contributed by atoms with E-state index in [1.165, 1.54) is 17.1 Å². The van der Waals surface area contributed by atoms with Gasteiger partial charge in [-0.15, -0.1) is 0 Å². The third-order valence-corrected chi connectivity index (χ3v) is 8.62. The maximum atomic E-state index is 13.5. The van der Waals surface area contributed by atoms with E-state index in [0.29, 0.717) is 47.4 Å². The summed E-state index contributed by atoms with van der Waals surface area (Å²) in [6, 6.07) is 12.3. The Kier molecular flexibility index (Phi) is 7.30. The van der Waals surface area contributed by atoms with Crippen LogP contribution < -0.4 is 4.31 Å². The average Bonchev–Trinajstić information content (AvgIpc) is 3.42. The van der Waals surface area contributed by atoms with Crippen LogP contribution in [-0.4, -0.2) is 62.6 Å². The first-order valence-electron chi connectivity index (χ1n) is 10.9. The van der Waals surface area contributed by atoms with Gasteiger partial charge in [0.2, 0.25) is 10.0 Å². The normalized spacial score (nSPS) is 18.2. The van der Waals surface area contributed by atoms with E-state index in [1.807, 2.05) is 6.07 Å². The average molecular weight is 496 g/mol. The molecule has 0 aliphatic carbocycles. The molecule has 0 atom stereocenters. The first-order valence-corrected chi connectivity index (χ1v) is 13.3. The van der Waals surface area contributed by atoms with E-state index in [1.54, 1.807) is 41.3 Å². The maximum Gasteiger partial charge on any atom is 0.254 e. The number of likely N-dealkylation sites (tertiary alicyclic amines) is 1. The van der Waals surface area contributed by atoms with Gasteiger partial charge in [0.25, 0.3) is 5.91 Å². The Bertz CT molecular complexity index is 1090. The van der Waals surface area contributed by atoms with Gasteiger partial charge in [0.1, 0.15) is 0 Å². The highest BCUT2D eigenvalue weighted by Gasteiger charge is 2.29. The molecule has 2 aliphatic heterocycles. The first kappa shape index (κ1) is 23.4. The van der Waals surface area contributed by atoms with Crippen molar-refractivity contribution in [1.29, 1.82) is 0 Å². The number of hydrogen-bond acceptors (Lipinski definition) is 4. The Hall–Kier alpha value is -1.80. The fraction of sp³-hybridized carbons (Fsp3) is 0.435. The van der Waals surface area contributed by atoms with Crippen LogP contribution in [-0.2, 0) is 16.6 Å². The van der Waals surface area contributed by atoms with E-state index >= 15 is 0 Å². The molecular formula is C23H27Cl2N3O3S. The second-order valence-electron chi connectivity index (χ2n) is 8.32. The molecule has 2 aliphatic rings. The second-order valence-corrected chi connectivity index (χ2v) is 11.1. The molecule has 32 heavy (non-hydrogen) atoms. The van der Waals surface area contributed by atoms with Gasteiger partial charge >= 0.3 is 0 Å². The number of carbonyl (C=O) groups excluding carboxylic acids is 1. The van der Waals surface area contributed by atoms with Crippen LogP contribution >= 0.6 is 23.2 Å². The second kappa shape index (κ2) is 10.00. The molecule has 0 bridgehead atoms. The fourth-order valence-electron chi connectivity index (χ4n) is 4.29. The van der Waals surface area contributed by atoms with Crippen molar-refractivity contribution in [3.8, 4) is 0 Å². The lowest BCUT2D eigenvalue weighted by molar-refractivity contribution is 0.0727. The van der Waals surface area contributed by atoms with Crippen molar-refractivity contribution in [1.82, 2.24) is 9.80 Å². The standard InChI is InChI=1S/C23H27Cl2N3O3S/c24-21-8-7-18(15-22(21)25)17-27(13-12-26-9-1-2-10-26)23(29)19-5-3-6-20(16-19)28-11-4-14-32(28,30)31/h3,5-8,15-16H,1-2,4,9-14,17H2. The molecule has 2 aromatic rings. The van der Waals surface area contributed by atoms with Crippen LogP contribution in [0, 0.1) is 0 Å². The topological polar surface area (TPSA) is 60.9 Å². The predicted octanol–water partition coefficient (Wildman–Crippen LogP) is 4.27. The van der Waals surface area contributed by atoms with Crippen molar-refractivity contribution >= 4 is 44.8 Å². The molecule has 1 amide bonds. The molecule has 0 unspecified atom stereocenters. The van der Waals surface area contributed by atoms with Crippen LogP contribution in [0.25, 0.3) is 0 Å². The highest BCUT2D eigenvalue weighted by molar-refractivity contribution is 7.93. The molecule has 2 heterocycles. The zero-order valence-corrected chi connectivity index (χ0v) is 20.2. The molecule has 2 fully saturated rings. The van der Waals surface area contributed by atoms with Crippen molar-refractivity contribution in [3.05, 3.63) is 63.6 Å². The molecule has 0 spiro atoms. The number of benzene rings is 2. The van der Waals surface area contributed by atoms with Gasteiger partial charge in [0.05, 0.1) is 21.5 Å². The lowest BCUT2D eigenvalue weighted by atomic mass is 10.1. The van der Waals surface area contributed by atoms with Crippen LogP contribution in [0.1, 0.15) is 35.2 Å². The van der Waals surface area contributed by atoms with Crippen LogP contribution in [0.4, 0.5) is 5.69 Å². The number of carbonyl (C=O) groups is 1. The van der Waals surface area contributed by atoms with Gasteiger partial charge in [-0.25, -0.2) is 8.42 Å². The largest absolute Gasteiger partial charge is 0.333 e. The summed E-state index contributed by atoms with van der Waals surface area (Å²) >= 11 is 12.2. The van der Waals surface area contributed by atoms with Crippen molar-refractivity contribution in [2.75, 3.05) is 42.8 Å². The zero-order chi connectivity index (χ0) is 22.7. The molecule has 0 saturated carbocycles. The third-order valence-electron chi connectivity index (χ3n) is 6.01. The highest BCUT2D eigenvalue weighted by atomic mass is 35.5. The minimum atomic E-state index is -3.31. The molecular weight excluding hydrogens is 469 g/mol. The lowest BCUT2D eigenvalue weighted by Crippen LogP contribution is -2.37. The molecule has 2 saturated heterocycles. The van der Waals surface area contributed by atoms with E-state index in [-0.39, 0.29) is 11.7 Å². The van der Waals surface area contributed by atoms with Crippen LogP contribution in [0.2, 0.25) is 10.0 Å². The third kappa shape index (κ3) is 5.39. The van der Waals surface area contributed by atoms with Gasteiger partial charge in [0, 0.05) is 31.7 Å². The smallest absolute Gasteiger partial charge is 0.254 e. The molecule has 2 aromatic carbocycles. The number of rotatable bonds is 7. The molecule has 9 heteroatoms. The first-order chi connectivity index (χ1) is 15.3. The molecule has 0 radical (unpaired) electrons. The quantitative estimate of drug-likeness (QED) is 0.575. The Morgan fingerprint density at radius 1 is 0.969 bits per heavy atom. The van der Waals surface area contributed by atoms with E-state index in [2.05, 4.69) is 4.90 Å². The van der Waals surface area contributed by atoms with Gasteiger partial charge in [-0.1, -0.05) is 35.3 Å². The molecule has 4 rings (SSSR count). The van der Waals surface area contributed by atoms with Gasteiger partial charge in [0.15, 0.2) is 0 Å². The number of hydrogen-bond donors (Lipinski definition) is 0. The highest BCUT2D eigenvalue weighted by Crippen LogP contribution is 2.26. The molecule has 172 valence electrons. The van der Waals surface area contributed by atoms with Gasteiger partial charge in [-0.2, -0.15) is 0 Å². The lowest BCUT2D eigenvalue weighted by Gasteiger charge is -2.26. The predicted molar refractivity (Wildman–Crippen MR) is 129 cm³/mol. The Balaban J connectivity index is 1.57. The summed E-state index contributed by atoms with van der Waals surface area (Å²) < 4.78 is 26.1. The van der Waals surface area contributed by atoms with Gasteiger partial charge < -0.3 is 9.80 Å². The summed E-state index contributed by atoms with van der Waals surface area (Å²) in [5, 5.41) is 0.933. The number of sulfonamides is 1. The fourth-order valence-corrected chi connectivity index (χ4v) is 6.16. The summed E-state index contributed by atoms with van der Waals surface area (Å²) in [5.41, 5.74) is 1.92. The number of amides is 1. The molecule has 0 aromatic heterocycles. The minimum absolute atomic E-state index is 0.131. The zero-order valence-electron chi connectivity index (χ0n) is 17.8. The SMILES string of the molecule is O=C(c1cccc(N2CCCS2(=O)=O)c1)N(CCN1CCCC1)Cc1ccc(Cl)c(Cl)c1. The van der Waals surface area contributed by atoms with E-state index in [9.17, 15) is 13.2 Å². The van der Waals surface area contributed by atoms with Crippen LogP contribution in [0.3, 0.4) is 0 Å². The van der Waals surface area contributed by atoms with Gasteiger partial charge in [-0.05, 0) is 68.2 Å². The number of halogens is 2. The molecule has 0 N–H and O–H groups in total. The van der Waals surface area contributed by atoms with Crippen molar-refractivity contribution in [2.24, 2.45) is 0 Å². The van der Waals surface area contributed by atoms with E-state index < -0.39 is 10.0 Å². The monoisotopic (exact) mass is 495 g/mol. The summed E-state index contributed by atoms with van der Waals surface area (Å²) in [4.78, 5) is 17.7. The van der Waals surface area contributed by atoms with E-state index in [4.69, 9.17) is 23.2 Å². The number of nitrogens with zero attached hydrogens (tertiary/aromatic N) is 3. The van der Waals surface area contributed by atoms with Crippen molar-refractivity contribution in [3.63, 3.8) is 0 Å². The molecule has 6 nitrogen and oxygen atoms in total. The summed E-state index contributed by atoms with van der Waals surface area (Å²) in [7, 11) is -3.31. The van der Waals surface area contributed by atoms with Crippen LogP contribution in [0.5, 0.6) is 0 Å². The Morgan fingerprint density at radius 3 is 2.44 bits per heavy atom.